The highest BCUT2D eigenvalue weighted by Gasteiger charge is 2.39. The number of thiophene rings is 1. The van der Waals surface area contributed by atoms with Gasteiger partial charge in [-0.3, -0.25) is 0 Å². The number of piperidine rings is 1. The maximum absolute atomic E-state index is 6.07. The van der Waals surface area contributed by atoms with Crippen LogP contribution in [0.3, 0.4) is 0 Å². The Morgan fingerprint density at radius 1 is 1.38 bits per heavy atom. The minimum absolute atomic E-state index is 0.430. The number of nitrogens with zero attached hydrogens (tertiary/aromatic N) is 1. The number of halogens is 1. The van der Waals surface area contributed by atoms with Gasteiger partial charge in [-0.05, 0) is 48.7 Å². The summed E-state index contributed by atoms with van der Waals surface area (Å²) in [6.07, 6.45) is 5.54. The van der Waals surface area contributed by atoms with E-state index >= 15 is 0 Å². The third-order valence-electron chi connectivity index (χ3n) is 3.88. The van der Waals surface area contributed by atoms with Crippen LogP contribution in [-0.2, 0) is 0 Å². The van der Waals surface area contributed by atoms with Crippen molar-refractivity contribution in [1.29, 1.82) is 0 Å². The van der Waals surface area contributed by atoms with Crippen LogP contribution >= 0.6 is 27.3 Å². The Morgan fingerprint density at radius 3 is 2.62 bits per heavy atom. The fourth-order valence-electron chi connectivity index (χ4n) is 2.98. The topological polar surface area (TPSA) is 12.5 Å². The van der Waals surface area contributed by atoms with Gasteiger partial charge in [0.15, 0.2) is 5.06 Å². The molecule has 0 radical (unpaired) electrons. The monoisotopic (exact) mass is 301 g/mol. The quantitative estimate of drug-likeness (QED) is 0.829. The second-order valence-corrected chi connectivity index (χ2v) is 6.64. The third kappa shape index (κ3) is 2.03. The first-order valence-electron chi connectivity index (χ1n) is 5.85. The highest BCUT2D eigenvalue weighted by atomic mass is 79.9. The van der Waals surface area contributed by atoms with E-state index in [2.05, 4.69) is 39.3 Å². The molecule has 2 nitrogen and oxygen atoms in total. The maximum atomic E-state index is 6.07. The van der Waals surface area contributed by atoms with Gasteiger partial charge in [0.2, 0.25) is 0 Å². The lowest BCUT2D eigenvalue weighted by atomic mass is 10.0. The van der Waals surface area contributed by atoms with Crippen molar-refractivity contribution in [2.24, 2.45) is 0 Å². The van der Waals surface area contributed by atoms with Crippen LogP contribution < -0.4 is 4.74 Å². The largest absolute Gasteiger partial charge is 0.481 e. The first-order chi connectivity index (χ1) is 7.72. The highest BCUT2D eigenvalue weighted by molar-refractivity contribution is 9.10. The summed E-state index contributed by atoms with van der Waals surface area (Å²) in [6, 6.07) is 3.59. The van der Waals surface area contributed by atoms with Crippen LogP contribution in [0.25, 0.3) is 0 Å². The molecule has 2 saturated heterocycles. The summed E-state index contributed by atoms with van der Waals surface area (Å²) in [5, 5.41) is 3.14. The van der Waals surface area contributed by atoms with Crippen LogP contribution in [-0.4, -0.2) is 30.1 Å². The van der Waals surface area contributed by atoms with Crippen molar-refractivity contribution in [2.75, 3.05) is 7.05 Å². The van der Waals surface area contributed by atoms with Crippen molar-refractivity contribution in [3.05, 3.63) is 15.9 Å². The van der Waals surface area contributed by atoms with Gasteiger partial charge in [-0.15, -0.1) is 11.3 Å². The van der Waals surface area contributed by atoms with Gasteiger partial charge in [-0.2, -0.15) is 0 Å². The summed E-state index contributed by atoms with van der Waals surface area (Å²) in [4.78, 5) is 2.55. The minimum Gasteiger partial charge on any atom is -0.481 e. The standard InChI is InChI=1S/C12H16BrNOS/c1-14-9-2-3-10(14)6-11(5-9)15-12-4-8(13)7-16-12/h4,7,9-11H,2-3,5-6H2,1H3/t9-,10+,11?. The second-order valence-electron chi connectivity index (χ2n) is 4.85. The van der Waals surface area contributed by atoms with Crippen molar-refractivity contribution in [2.45, 2.75) is 43.9 Å². The van der Waals surface area contributed by atoms with Crippen molar-refractivity contribution in [1.82, 2.24) is 4.90 Å². The average molecular weight is 302 g/mol. The van der Waals surface area contributed by atoms with Gasteiger partial charge in [-0.1, -0.05) is 0 Å². The van der Waals surface area contributed by atoms with Gasteiger partial charge in [-0.25, -0.2) is 0 Å². The van der Waals surface area contributed by atoms with Gasteiger partial charge in [0.25, 0.3) is 0 Å². The molecule has 4 heteroatoms. The molecule has 0 spiro atoms. The fraction of sp³-hybridized carbons (Fsp3) is 0.667. The zero-order chi connectivity index (χ0) is 11.1. The van der Waals surface area contributed by atoms with Crippen LogP contribution in [0, 0.1) is 0 Å². The lowest BCUT2D eigenvalue weighted by Crippen LogP contribution is -2.43. The summed E-state index contributed by atoms with van der Waals surface area (Å²) in [5.41, 5.74) is 0. The van der Waals surface area contributed by atoms with E-state index in [4.69, 9.17) is 4.74 Å². The molecule has 3 atom stereocenters. The van der Waals surface area contributed by atoms with Crippen LogP contribution in [0.4, 0.5) is 0 Å². The Bertz CT molecular complexity index is 367. The molecule has 2 bridgehead atoms. The molecule has 0 aromatic carbocycles. The number of ether oxygens (including phenoxy) is 1. The summed E-state index contributed by atoms with van der Waals surface area (Å²) in [6.45, 7) is 0. The van der Waals surface area contributed by atoms with Crippen molar-refractivity contribution >= 4 is 27.3 Å². The predicted octanol–water partition coefficient (Wildman–Crippen LogP) is 3.51. The molecule has 1 aromatic rings. The lowest BCUT2D eigenvalue weighted by molar-refractivity contribution is 0.0685. The SMILES string of the molecule is CN1[C@@H]2CC[C@H]1CC(Oc1cc(Br)cs1)C2. The van der Waals surface area contributed by atoms with Crippen LogP contribution in [0.5, 0.6) is 5.06 Å². The fourth-order valence-corrected chi connectivity index (χ4v) is 4.30. The van der Waals surface area contributed by atoms with Crippen LogP contribution in [0.15, 0.2) is 15.9 Å². The molecular formula is C12H16BrNOS. The summed E-state index contributed by atoms with van der Waals surface area (Å²) >= 11 is 5.15. The number of fused-ring (bicyclic) bond motifs is 2. The van der Waals surface area contributed by atoms with E-state index < -0.39 is 0 Å². The lowest BCUT2D eigenvalue weighted by Gasteiger charge is -2.35. The molecule has 16 heavy (non-hydrogen) atoms. The van der Waals surface area contributed by atoms with Crippen molar-refractivity contribution in [3.63, 3.8) is 0 Å². The van der Waals surface area contributed by atoms with Gasteiger partial charge >= 0.3 is 0 Å². The Morgan fingerprint density at radius 2 is 2.06 bits per heavy atom. The number of hydrogen-bond acceptors (Lipinski definition) is 3. The summed E-state index contributed by atoms with van der Waals surface area (Å²) < 4.78 is 7.20. The molecule has 3 rings (SSSR count). The van der Waals surface area contributed by atoms with E-state index in [0.717, 1.165) is 21.6 Å². The van der Waals surface area contributed by atoms with Crippen LogP contribution in [0.2, 0.25) is 0 Å². The Kier molecular flexibility index (Phi) is 2.98. The average Bonchev–Trinajstić information content (AvgIpc) is 2.72. The van der Waals surface area contributed by atoms with E-state index in [0.29, 0.717) is 6.10 Å². The molecule has 1 aromatic heterocycles. The Labute approximate surface area is 109 Å². The molecule has 2 aliphatic heterocycles. The first kappa shape index (κ1) is 11.1. The first-order valence-corrected chi connectivity index (χ1v) is 7.52. The van der Waals surface area contributed by atoms with Crippen molar-refractivity contribution in [3.8, 4) is 5.06 Å². The van der Waals surface area contributed by atoms with Gasteiger partial charge in [0.05, 0.1) is 0 Å². The van der Waals surface area contributed by atoms with Crippen LogP contribution in [0.1, 0.15) is 25.7 Å². The van der Waals surface area contributed by atoms with E-state index in [1.54, 1.807) is 11.3 Å². The summed E-state index contributed by atoms with van der Waals surface area (Å²) in [7, 11) is 2.26. The summed E-state index contributed by atoms with van der Waals surface area (Å²) in [5.74, 6) is 0. The normalized spacial score (nSPS) is 34.2. The highest BCUT2D eigenvalue weighted by Crippen LogP contribution is 2.37. The molecule has 2 fully saturated rings. The van der Waals surface area contributed by atoms with E-state index in [1.807, 2.05) is 0 Å². The molecule has 0 N–H and O–H groups in total. The van der Waals surface area contributed by atoms with E-state index in [9.17, 15) is 0 Å². The molecule has 88 valence electrons. The molecule has 0 aliphatic carbocycles. The zero-order valence-electron chi connectivity index (χ0n) is 9.36. The van der Waals surface area contributed by atoms with Gasteiger partial charge < -0.3 is 9.64 Å². The molecular weight excluding hydrogens is 286 g/mol. The minimum atomic E-state index is 0.430. The number of rotatable bonds is 2. The van der Waals surface area contributed by atoms with Gasteiger partial charge in [0, 0.05) is 28.0 Å². The third-order valence-corrected chi connectivity index (χ3v) is 5.46. The molecule has 2 aliphatic rings. The second kappa shape index (κ2) is 4.31. The predicted molar refractivity (Wildman–Crippen MR) is 70.2 cm³/mol. The van der Waals surface area contributed by atoms with Crippen molar-refractivity contribution < 1.29 is 4.74 Å². The Balaban J connectivity index is 1.65. The Hall–Kier alpha value is -0.0600. The number of hydrogen-bond donors (Lipinski definition) is 0. The molecule has 1 unspecified atom stereocenters. The van der Waals surface area contributed by atoms with Gasteiger partial charge in [0.1, 0.15) is 6.10 Å². The molecule has 3 heterocycles. The molecule has 0 amide bonds. The smallest absolute Gasteiger partial charge is 0.175 e. The zero-order valence-corrected chi connectivity index (χ0v) is 11.8. The maximum Gasteiger partial charge on any atom is 0.175 e. The molecule has 0 saturated carbocycles. The van der Waals surface area contributed by atoms with E-state index in [-0.39, 0.29) is 0 Å². The van der Waals surface area contributed by atoms with E-state index in [1.165, 1.54) is 25.7 Å².